The van der Waals surface area contributed by atoms with Gasteiger partial charge in [0.25, 0.3) is 0 Å². The van der Waals surface area contributed by atoms with Crippen LogP contribution in [0.3, 0.4) is 0 Å². The molecule has 4 aromatic rings. The van der Waals surface area contributed by atoms with Gasteiger partial charge in [0.1, 0.15) is 12.4 Å². The zero-order valence-electron chi connectivity index (χ0n) is 16.6. The molecule has 0 saturated carbocycles. The van der Waals surface area contributed by atoms with Crippen molar-refractivity contribution in [2.24, 2.45) is 0 Å². The van der Waals surface area contributed by atoms with Crippen LogP contribution in [0.25, 0.3) is 21.8 Å². The number of aliphatic hydroxyl groups is 1. The maximum atomic E-state index is 8.88. The van der Waals surface area contributed by atoms with Crippen LogP contribution in [0, 0.1) is 0 Å². The minimum atomic E-state index is 0.00582. The molecule has 4 rings (SSSR count). The van der Waals surface area contributed by atoms with Crippen LogP contribution in [-0.4, -0.2) is 47.8 Å². The molecule has 0 saturated heterocycles. The average Bonchev–Trinajstić information content (AvgIpc) is 2.80. The van der Waals surface area contributed by atoms with Gasteiger partial charge in [0.15, 0.2) is 0 Å². The summed E-state index contributed by atoms with van der Waals surface area (Å²) < 4.78 is 11.5. The summed E-state index contributed by atoms with van der Waals surface area (Å²) >= 11 is 3.33. The first kappa shape index (κ1) is 20.9. The topological polar surface area (TPSA) is 64.5 Å². The fraction of sp³-hybridized carbons (Fsp3) is 0.217. The summed E-state index contributed by atoms with van der Waals surface area (Å²) in [7, 11) is 0. The molecule has 0 spiro atoms. The maximum Gasteiger partial charge on any atom is 0.144 e. The lowest BCUT2D eigenvalue weighted by atomic mass is 10.2. The van der Waals surface area contributed by atoms with Crippen molar-refractivity contribution in [3.8, 4) is 5.75 Å². The lowest BCUT2D eigenvalue weighted by Crippen LogP contribution is -2.10. The van der Waals surface area contributed by atoms with Crippen molar-refractivity contribution in [2.45, 2.75) is 14.7 Å². The van der Waals surface area contributed by atoms with Gasteiger partial charge >= 0.3 is 0 Å². The van der Waals surface area contributed by atoms with Crippen LogP contribution in [-0.2, 0) is 4.74 Å². The number of ether oxygens (including phenoxy) is 2. The first-order valence-corrected chi connectivity index (χ1v) is 11.6. The Kier molecular flexibility index (Phi) is 7.07. The molecule has 154 valence electrons. The molecule has 2 aromatic carbocycles. The smallest absolute Gasteiger partial charge is 0.144 e. The highest BCUT2D eigenvalue weighted by atomic mass is 32.2. The third-order valence-electron chi connectivity index (χ3n) is 4.53. The van der Waals surface area contributed by atoms with Crippen LogP contribution < -0.4 is 4.74 Å². The molecule has 5 nitrogen and oxygen atoms in total. The predicted molar refractivity (Wildman–Crippen MR) is 123 cm³/mol. The number of pyridine rings is 2. The molecule has 2 aromatic heterocycles. The summed E-state index contributed by atoms with van der Waals surface area (Å²) in [6.45, 7) is 1.12. The maximum absolute atomic E-state index is 8.88. The van der Waals surface area contributed by atoms with Gasteiger partial charge in [-0.15, -0.1) is 11.8 Å². The number of aliphatic hydroxyl groups excluding tert-OH is 1. The second-order valence-corrected chi connectivity index (χ2v) is 8.33. The Bertz CT molecular complexity index is 1150. The molecule has 0 aliphatic carbocycles. The van der Waals surface area contributed by atoms with Crippen molar-refractivity contribution >= 4 is 45.3 Å². The Morgan fingerprint density at radius 1 is 0.833 bits per heavy atom. The number of hydrogen-bond donors (Lipinski definition) is 1. The largest absolute Gasteiger partial charge is 0.489 e. The van der Waals surface area contributed by atoms with Gasteiger partial charge in [0, 0.05) is 33.0 Å². The molecule has 0 bridgehead atoms. The number of aromatic nitrogens is 2. The van der Waals surface area contributed by atoms with E-state index in [-0.39, 0.29) is 6.61 Å². The minimum Gasteiger partial charge on any atom is -0.489 e. The van der Waals surface area contributed by atoms with Gasteiger partial charge in [-0.3, -0.25) is 9.97 Å². The first-order valence-electron chi connectivity index (χ1n) is 9.60. The zero-order valence-corrected chi connectivity index (χ0v) is 18.2. The molecular formula is C23H22N2O3S2. The van der Waals surface area contributed by atoms with E-state index in [9.17, 15) is 0 Å². The van der Waals surface area contributed by atoms with Gasteiger partial charge < -0.3 is 14.6 Å². The van der Waals surface area contributed by atoms with E-state index in [1.807, 2.05) is 54.9 Å². The summed E-state index contributed by atoms with van der Waals surface area (Å²) in [5, 5.41) is 11.0. The van der Waals surface area contributed by atoms with E-state index in [0.717, 1.165) is 42.2 Å². The van der Waals surface area contributed by atoms with E-state index in [0.29, 0.717) is 19.8 Å². The Balaban J connectivity index is 1.74. The lowest BCUT2D eigenvalue weighted by molar-refractivity contribution is 0.0702. The summed E-state index contributed by atoms with van der Waals surface area (Å²) in [6.07, 6.45) is 5.85. The molecule has 2 heterocycles. The Labute approximate surface area is 183 Å². The van der Waals surface area contributed by atoms with E-state index in [1.54, 1.807) is 23.5 Å². The molecule has 7 heteroatoms. The van der Waals surface area contributed by atoms with Crippen molar-refractivity contribution < 1.29 is 14.6 Å². The van der Waals surface area contributed by atoms with Gasteiger partial charge in [-0.2, -0.15) is 0 Å². The predicted octanol–water partition coefficient (Wildman–Crippen LogP) is 5.04. The highest BCUT2D eigenvalue weighted by Crippen LogP contribution is 2.44. The van der Waals surface area contributed by atoms with E-state index in [1.165, 1.54) is 0 Å². The van der Waals surface area contributed by atoms with E-state index < -0.39 is 0 Å². The summed E-state index contributed by atoms with van der Waals surface area (Å²) in [4.78, 5) is 12.4. The van der Waals surface area contributed by atoms with E-state index in [2.05, 4.69) is 22.3 Å². The Hall–Kier alpha value is -2.32. The number of rotatable bonds is 9. The Morgan fingerprint density at radius 3 is 2.23 bits per heavy atom. The number of benzene rings is 2. The molecule has 1 N–H and O–H groups in total. The normalized spacial score (nSPS) is 11.3. The van der Waals surface area contributed by atoms with Crippen LogP contribution in [0.4, 0.5) is 0 Å². The van der Waals surface area contributed by atoms with Gasteiger partial charge in [0.05, 0.1) is 35.7 Å². The summed E-state index contributed by atoms with van der Waals surface area (Å²) in [5.74, 6) is 0.797. The van der Waals surface area contributed by atoms with Crippen molar-refractivity contribution in [3.05, 3.63) is 60.9 Å². The molecular weight excluding hydrogens is 416 g/mol. The molecule has 0 amide bonds. The third kappa shape index (κ3) is 4.54. The molecule has 0 atom stereocenters. The van der Waals surface area contributed by atoms with E-state index in [4.69, 9.17) is 14.6 Å². The highest BCUT2D eigenvalue weighted by molar-refractivity contribution is 8.02. The van der Waals surface area contributed by atoms with E-state index >= 15 is 0 Å². The van der Waals surface area contributed by atoms with Crippen molar-refractivity contribution in [2.75, 3.05) is 32.7 Å². The van der Waals surface area contributed by atoms with Crippen LogP contribution >= 0.6 is 23.5 Å². The third-order valence-corrected chi connectivity index (χ3v) is 6.56. The zero-order chi connectivity index (χ0) is 20.8. The number of nitrogens with zero attached hydrogens (tertiary/aromatic N) is 2. The number of para-hydroxylation sites is 2. The monoisotopic (exact) mass is 438 g/mol. The van der Waals surface area contributed by atoms with Gasteiger partial charge in [-0.05, 0) is 24.5 Å². The number of fused-ring (bicyclic) bond motifs is 2. The van der Waals surface area contributed by atoms with Crippen molar-refractivity contribution in [3.63, 3.8) is 0 Å². The van der Waals surface area contributed by atoms with Gasteiger partial charge in [0.2, 0.25) is 0 Å². The van der Waals surface area contributed by atoms with Crippen LogP contribution in [0.2, 0.25) is 0 Å². The Morgan fingerprint density at radius 2 is 1.50 bits per heavy atom. The fourth-order valence-corrected chi connectivity index (χ4v) is 5.00. The van der Waals surface area contributed by atoms with Gasteiger partial charge in [-0.1, -0.05) is 42.1 Å². The number of hydrogen-bond acceptors (Lipinski definition) is 7. The summed E-state index contributed by atoms with van der Waals surface area (Å²) in [5.41, 5.74) is 1.85. The molecule has 0 unspecified atom stereocenters. The summed E-state index contributed by atoms with van der Waals surface area (Å²) in [6, 6.07) is 16.1. The minimum absolute atomic E-state index is 0.00582. The highest BCUT2D eigenvalue weighted by Gasteiger charge is 2.16. The van der Waals surface area contributed by atoms with Crippen molar-refractivity contribution in [1.82, 2.24) is 9.97 Å². The molecule has 0 aliphatic rings. The second kappa shape index (κ2) is 10.1. The van der Waals surface area contributed by atoms with Crippen molar-refractivity contribution in [1.29, 1.82) is 0 Å². The standard InChI is InChI=1S/C23H22N2O3S2/c1-29-21-15-25-19-9-5-3-7-17(19)23(21)30-20-14-24-18-8-4-2-6-16(18)22(20)28-13-12-27-11-10-26/h2-9,14-15,26H,10-13H2,1H3. The first-order chi connectivity index (χ1) is 14.8. The SMILES string of the molecule is CSc1cnc2ccccc2c1Sc1cnc2ccccc2c1OCCOCCO. The molecule has 0 radical (unpaired) electrons. The lowest BCUT2D eigenvalue weighted by Gasteiger charge is -2.16. The fourth-order valence-electron chi connectivity index (χ4n) is 3.15. The molecule has 0 aliphatic heterocycles. The molecule has 30 heavy (non-hydrogen) atoms. The van der Waals surface area contributed by atoms with Gasteiger partial charge in [-0.25, -0.2) is 0 Å². The molecule has 0 fully saturated rings. The average molecular weight is 439 g/mol. The second-order valence-electron chi connectivity index (χ2n) is 6.43. The quantitative estimate of drug-likeness (QED) is 0.290. The van der Waals surface area contributed by atoms with Crippen LogP contribution in [0.15, 0.2) is 75.6 Å². The van der Waals surface area contributed by atoms with Crippen LogP contribution in [0.5, 0.6) is 5.75 Å². The number of thioether (sulfide) groups is 1. The van der Waals surface area contributed by atoms with Crippen LogP contribution in [0.1, 0.15) is 0 Å².